The molecular weight excluding hydrogens is 220 g/mol. The third kappa shape index (κ3) is 2.10. The molecule has 0 spiro atoms. The molecule has 0 amide bonds. The summed E-state index contributed by atoms with van der Waals surface area (Å²) in [4.78, 5) is 22.5. The smallest absolute Gasteiger partial charge is 0.203 e. The summed E-state index contributed by atoms with van der Waals surface area (Å²) < 4.78 is 9.98. The number of benzene rings is 1. The van der Waals surface area contributed by atoms with E-state index in [1.807, 2.05) is 0 Å². The normalized spacial score (nSPS) is 9.94. The summed E-state index contributed by atoms with van der Waals surface area (Å²) in [7, 11) is 1.57. The van der Waals surface area contributed by atoms with Gasteiger partial charge in [0, 0.05) is 0 Å². The number of aldehydes is 1. The van der Waals surface area contributed by atoms with Crippen molar-refractivity contribution in [1.82, 2.24) is 0 Å². The van der Waals surface area contributed by atoms with E-state index in [1.54, 1.807) is 31.4 Å². The Morgan fingerprint density at radius 1 is 1.18 bits per heavy atom. The fraction of sp³-hybridized carbons (Fsp3) is 0.0769. The molecule has 1 aromatic carbocycles. The summed E-state index contributed by atoms with van der Waals surface area (Å²) in [6.07, 6.45) is 2.96. The molecule has 1 heterocycles. The summed E-state index contributed by atoms with van der Waals surface area (Å²) >= 11 is 0. The molecule has 0 unspecified atom stereocenters. The Hall–Kier alpha value is -2.36. The van der Waals surface area contributed by atoms with Crippen LogP contribution in [-0.2, 0) is 0 Å². The van der Waals surface area contributed by atoms with Crippen molar-refractivity contribution in [2.24, 2.45) is 0 Å². The highest BCUT2D eigenvalue weighted by Gasteiger charge is 2.08. The minimum atomic E-state index is -0.337. The lowest BCUT2D eigenvalue weighted by Crippen LogP contribution is -2.09. The van der Waals surface area contributed by atoms with Gasteiger partial charge in [-0.05, 0) is 17.7 Å². The lowest BCUT2D eigenvalue weighted by atomic mass is 10.1. The quantitative estimate of drug-likeness (QED) is 0.758. The number of hydrogen-bond donors (Lipinski definition) is 0. The van der Waals surface area contributed by atoms with E-state index in [1.165, 1.54) is 6.26 Å². The van der Waals surface area contributed by atoms with Gasteiger partial charge < -0.3 is 9.15 Å². The summed E-state index contributed by atoms with van der Waals surface area (Å²) in [6.45, 7) is 0. The Balaban J connectivity index is 2.52. The summed E-state index contributed by atoms with van der Waals surface area (Å²) in [6, 6.07) is 6.95. The summed E-state index contributed by atoms with van der Waals surface area (Å²) in [5.74, 6) is 0.699. The third-order valence-corrected chi connectivity index (χ3v) is 2.42. The Bertz CT molecular complexity index is 581. The maximum atomic E-state index is 11.8. The van der Waals surface area contributed by atoms with E-state index in [2.05, 4.69) is 0 Å². The van der Waals surface area contributed by atoms with Gasteiger partial charge in [-0.2, -0.15) is 0 Å². The molecule has 0 aliphatic rings. The zero-order chi connectivity index (χ0) is 12.3. The molecule has 4 heteroatoms. The highest BCUT2D eigenvalue weighted by atomic mass is 16.5. The van der Waals surface area contributed by atoms with Gasteiger partial charge in [0.2, 0.25) is 5.43 Å². The fourth-order valence-electron chi connectivity index (χ4n) is 1.49. The molecule has 0 aliphatic heterocycles. The predicted molar refractivity (Wildman–Crippen MR) is 62.4 cm³/mol. The van der Waals surface area contributed by atoms with E-state index >= 15 is 0 Å². The van der Waals surface area contributed by atoms with E-state index in [4.69, 9.17) is 9.15 Å². The van der Waals surface area contributed by atoms with Gasteiger partial charge in [0.25, 0.3) is 0 Å². The molecule has 0 fully saturated rings. The Morgan fingerprint density at radius 3 is 2.47 bits per heavy atom. The molecule has 0 saturated heterocycles. The van der Waals surface area contributed by atoms with Gasteiger partial charge >= 0.3 is 0 Å². The molecule has 0 atom stereocenters. The number of carbonyl (C=O) groups excluding carboxylic acids is 1. The minimum Gasteiger partial charge on any atom is -0.497 e. The predicted octanol–water partition coefficient (Wildman–Crippen LogP) is 2.13. The van der Waals surface area contributed by atoms with Crippen LogP contribution in [0.2, 0.25) is 0 Å². The Morgan fingerprint density at radius 2 is 1.88 bits per heavy atom. The zero-order valence-electron chi connectivity index (χ0n) is 9.17. The first-order valence-electron chi connectivity index (χ1n) is 4.96. The minimum absolute atomic E-state index is 0.0123. The highest BCUT2D eigenvalue weighted by molar-refractivity contribution is 5.77. The Labute approximate surface area is 97.5 Å². The van der Waals surface area contributed by atoms with Crippen LogP contribution >= 0.6 is 0 Å². The van der Waals surface area contributed by atoms with Crippen molar-refractivity contribution >= 4 is 6.29 Å². The van der Waals surface area contributed by atoms with Crippen molar-refractivity contribution in [3.05, 3.63) is 52.6 Å². The highest BCUT2D eigenvalue weighted by Crippen LogP contribution is 2.19. The molecule has 4 nitrogen and oxygen atoms in total. The SMILES string of the molecule is COc1ccc(-c2cocc(C=O)c2=O)cc1. The molecule has 0 saturated carbocycles. The van der Waals surface area contributed by atoms with E-state index in [0.29, 0.717) is 23.2 Å². The van der Waals surface area contributed by atoms with Crippen LogP contribution in [0.1, 0.15) is 10.4 Å². The molecule has 17 heavy (non-hydrogen) atoms. The van der Waals surface area contributed by atoms with Crippen LogP contribution in [0, 0.1) is 0 Å². The van der Waals surface area contributed by atoms with Crippen molar-refractivity contribution in [2.75, 3.05) is 7.11 Å². The third-order valence-electron chi connectivity index (χ3n) is 2.42. The maximum absolute atomic E-state index is 11.8. The number of methoxy groups -OCH3 is 1. The zero-order valence-corrected chi connectivity index (χ0v) is 9.17. The fourth-order valence-corrected chi connectivity index (χ4v) is 1.49. The standard InChI is InChI=1S/C13H10O4/c1-16-11-4-2-9(3-5-11)12-8-17-7-10(6-14)13(12)15/h2-8H,1H3. The molecule has 2 rings (SSSR count). The van der Waals surface area contributed by atoms with Crippen LogP contribution in [0.25, 0.3) is 11.1 Å². The topological polar surface area (TPSA) is 56.5 Å². The van der Waals surface area contributed by atoms with Crippen LogP contribution in [0.4, 0.5) is 0 Å². The number of hydrogen-bond acceptors (Lipinski definition) is 4. The van der Waals surface area contributed by atoms with Gasteiger partial charge in [0.1, 0.15) is 18.3 Å². The molecule has 0 bridgehead atoms. The van der Waals surface area contributed by atoms with Crippen LogP contribution in [-0.4, -0.2) is 13.4 Å². The molecule has 0 N–H and O–H groups in total. The average molecular weight is 230 g/mol. The van der Waals surface area contributed by atoms with Crippen LogP contribution in [0.5, 0.6) is 5.75 Å². The van der Waals surface area contributed by atoms with Gasteiger partial charge in [-0.3, -0.25) is 9.59 Å². The molecule has 0 radical (unpaired) electrons. The number of rotatable bonds is 3. The first-order valence-corrected chi connectivity index (χ1v) is 4.96. The van der Waals surface area contributed by atoms with E-state index in [9.17, 15) is 9.59 Å². The van der Waals surface area contributed by atoms with E-state index in [0.717, 1.165) is 6.26 Å². The second kappa shape index (κ2) is 4.65. The number of ether oxygens (including phenoxy) is 1. The molecule has 2 aromatic rings. The van der Waals surface area contributed by atoms with Crippen LogP contribution in [0.15, 0.2) is 46.0 Å². The van der Waals surface area contributed by atoms with Crippen molar-refractivity contribution in [1.29, 1.82) is 0 Å². The van der Waals surface area contributed by atoms with Crippen LogP contribution < -0.4 is 10.2 Å². The van der Waals surface area contributed by atoms with Gasteiger partial charge in [-0.15, -0.1) is 0 Å². The van der Waals surface area contributed by atoms with Crippen LogP contribution in [0.3, 0.4) is 0 Å². The van der Waals surface area contributed by atoms with Gasteiger partial charge in [0.05, 0.1) is 18.2 Å². The van der Waals surface area contributed by atoms with Crippen molar-refractivity contribution in [3.63, 3.8) is 0 Å². The molecule has 0 aliphatic carbocycles. The molecule has 86 valence electrons. The average Bonchev–Trinajstić information content (AvgIpc) is 2.39. The first-order chi connectivity index (χ1) is 8.26. The first kappa shape index (κ1) is 11.1. The van der Waals surface area contributed by atoms with Gasteiger partial charge in [-0.25, -0.2) is 0 Å². The van der Waals surface area contributed by atoms with Crippen molar-refractivity contribution in [3.8, 4) is 16.9 Å². The molecular formula is C13H10O4. The largest absolute Gasteiger partial charge is 0.497 e. The maximum Gasteiger partial charge on any atom is 0.203 e. The summed E-state index contributed by atoms with van der Waals surface area (Å²) in [5, 5.41) is 0. The number of carbonyl (C=O) groups is 1. The van der Waals surface area contributed by atoms with Gasteiger partial charge in [-0.1, -0.05) is 12.1 Å². The lowest BCUT2D eigenvalue weighted by molar-refractivity contribution is 0.112. The second-order valence-corrected chi connectivity index (χ2v) is 3.42. The lowest BCUT2D eigenvalue weighted by Gasteiger charge is -2.02. The molecule has 1 aromatic heterocycles. The van der Waals surface area contributed by atoms with Gasteiger partial charge in [0.15, 0.2) is 6.29 Å². The van der Waals surface area contributed by atoms with Crippen molar-refractivity contribution < 1.29 is 13.9 Å². The monoisotopic (exact) mass is 230 g/mol. The van der Waals surface area contributed by atoms with Crippen molar-refractivity contribution in [2.45, 2.75) is 0 Å². The van der Waals surface area contributed by atoms with E-state index < -0.39 is 0 Å². The van der Waals surface area contributed by atoms with E-state index in [-0.39, 0.29) is 11.0 Å². The Kier molecular flexibility index (Phi) is 3.05. The second-order valence-electron chi connectivity index (χ2n) is 3.42. The summed E-state index contributed by atoms with van der Waals surface area (Å²) in [5.41, 5.74) is 0.718.